The number of aromatic nitrogens is 2. The maximum absolute atomic E-state index is 13.0. The van der Waals surface area contributed by atoms with Crippen LogP contribution in [0.3, 0.4) is 0 Å². The van der Waals surface area contributed by atoms with Gasteiger partial charge in [-0.2, -0.15) is 5.10 Å². The van der Waals surface area contributed by atoms with Crippen LogP contribution < -0.4 is 4.90 Å². The van der Waals surface area contributed by atoms with E-state index in [-0.39, 0.29) is 11.9 Å². The largest absolute Gasteiger partial charge is 0.374 e. The van der Waals surface area contributed by atoms with Gasteiger partial charge in [-0.25, -0.2) is 4.39 Å². The average molecular weight is 316 g/mol. The van der Waals surface area contributed by atoms with Crippen LogP contribution >= 0.6 is 0 Å². The predicted octanol–water partition coefficient (Wildman–Crippen LogP) is 1.95. The van der Waals surface area contributed by atoms with E-state index in [1.54, 1.807) is 6.20 Å². The third kappa shape index (κ3) is 4.46. The van der Waals surface area contributed by atoms with Gasteiger partial charge in [0.1, 0.15) is 5.82 Å². The van der Waals surface area contributed by atoms with Crippen LogP contribution in [0.5, 0.6) is 0 Å². The second kappa shape index (κ2) is 7.48. The minimum absolute atomic E-state index is 0.121. The quantitative estimate of drug-likeness (QED) is 0.843. The second-order valence-electron chi connectivity index (χ2n) is 5.82. The number of rotatable bonds is 5. The summed E-state index contributed by atoms with van der Waals surface area (Å²) in [6.45, 7) is 4.03. The predicted molar refractivity (Wildman–Crippen MR) is 86.7 cm³/mol. The Hall–Kier alpha value is -2.05. The molecule has 0 bridgehead atoms. The van der Waals surface area contributed by atoms with Crippen LogP contribution in [0.15, 0.2) is 42.6 Å². The Morgan fingerprint density at radius 3 is 2.87 bits per heavy atom. The zero-order chi connectivity index (χ0) is 16.1. The Morgan fingerprint density at radius 2 is 2.13 bits per heavy atom. The number of anilines is 1. The van der Waals surface area contributed by atoms with E-state index in [0.717, 1.165) is 37.6 Å². The highest BCUT2D eigenvalue weighted by atomic mass is 19.1. The van der Waals surface area contributed by atoms with Gasteiger partial charge >= 0.3 is 0 Å². The maximum atomic E-state index is 13.0. The molecule has 0 unspecified atom stereocenters. The van der Waals surface area contributed by atoms with E-state index in [1.165, 1.54) is 12.1 Å². The molecule has 1 saturated heterocycles. The molecule has 5 nitrogen and oxygen atoms in total. The number of halogens is 1. The first kappa shape index (κ1) is 15.8. The zero-order valence-corrected chi connectivity index (χ0v) is 13.2. The summed E-state index contributed by atoms with van der Waals surface area (Å²) in [6, 6.07) is 10.5. The van der Waals surface area contributed by atoms with E-state index in [9.17, 15) is 4.39 Å². The van der Waals surface area contributed by atoms with Crippen molar-refractivity contribution in [3.05, 3.63) is 54.0 Å². The molecule has 1 aliphatic heterocycles. The van der Waals surface area contributed by atoms with Crippen molar-refractivity contribution in [1.82, 2.24) is 15.1 Å². The van der Waals surface area contributed by atoms with Crippen LogP contribution in [0.4, 0.5) is 10.2 Å². The molecule has 122 valence electrons. The molecule has 0 radical (unpaired) electrons. The minimum atomic E-state index is -0.195. The Morgan fingerprint density at radius 1 is 1.30 bits per heavy atom. The molecular weight excluding hydrogens is 295 g/mol. The van der Waals surface area contributed by atoms with Gasteiger partial charge in [0, 0.05) is 39.4 Å². The molecule has 1 fully saturated rings. The fourth-order valence-corrected chi connectivity index (χ4v) is 2.78. The topological polar surface area (TPSA) is 41.5 Å². The third-order valence-corrected chi connectivity index (χ3v) is 3.97. The summed E-state index contributed by atoms with van der Waals surface area (Å²) in [5, 5.41) is 8.01. The van der Waals surface area contributed by atoms with Gasteiger partial charge in [0.25, 0.3) is 0 Å². The Balaban J connectivity index is 1.54. The monoisotopic (exact) mass is 316 g/mol. The van der Waals surface area contributed by atoms with Crippen molar-refractivity contribution in [2.45, 2.75) is 12.6 Å². The lowest BCUT2D eigenvalue weighted by Gasteiger charge is -2.35. The fourth-order valence-electron chi connectivity index (χ4n) is 2.78. The van der Waals surface area contributed by atoms with Crippen molar-refractivity contribution in [2.75, 3.05) is 38.2 Å². The molecule has 0 saturated carbocycles. The number of nitrogens with zero attached hydrogens (tertiary/aromatic N) is 4. The van der Waals surface area contributed by atoms with E-state index in [4.69, 9.17) is 4.74 Å². The maximum Gasteiger partial charge on any atom is 0.151 e. The van der Waals surface area contributed by atoms with Gasteiger partial charge in [0.2, 0.25) is 0 Å². The van der Waals surface area contributed by atoms with Crippen LogP contribution in [0.1, 0.15) is 5.56 Å². The van der Waals surface area contributed by atoms with E-state index in [2.05, 4.69) is 20.0 Å². The molecule has 1 aliphatic rings. The lowest BCUT2D eigenvalue weighted by molar-refractivity contribution is -0.0265. The highest BCUT2D eigenvalue weighted by molar-refractivity contribution is 5.35. The summed E-state index contributed by atoms with van der Waals surface area (Å²) < 4.78 is 18.8. The first-order valence-corrected chi connectivity index (χ1v) is 7.78. The molecule has 23 heavy (non-hydrogen) atoms. The molecule has 0 spiro atoms. The van der Waals surface area contributed by atoms with Crippen LogP contribution in [0.2, 0.25) is 0 Å². The first-order chi connectivity index (χ1) is 11.2. The number of likely N-dealkylation sites (N-methyl/N-ethyl adjacent to an activating group) is 1. The number of hydrogen-bond acceptors (Lipinski definition) is 5. The van der Waals surface area contributed by atoms with E-state index in [0.29, 0.717) is 6.61 Å². The molecule has 6 heteroatoms. The molecule has 1 atom stereocenters. The Bertz CT molecular complexity index is 608. The molecule has 0 aliphatic carbocycles. The molecule has 2 heterocycles. The number of morpholine rings is 1. The van der Waals surface area contributed by atoms with Gasteiger partial charge in [-0.15, -0.1) is 5.10 Å². The summed E-state index contributed by atoms with van der Waals surface area (Å²) in [4.78, 5) is 4.39. The number of hydrogen-bond donors (Lipinski definition) is 0. The van der Waals surface area contributed by atoms with Gasteiger partial charge in [-0.05, 0) is 29.8 Å². The lowest BCUT2D eigenvalue weighted by atomic mass is 10.2. The highest BCUT2D eigenvalue weighted by Crippen LogP contribution is 2.14. The summed E-state index contributed by atoms with van der Waals surface area (Å²) >= 11 is 0. The second-order valence-corrected chi connectivity index (χ2v) is 5.82. The molecule has 1 aromatic heterocycles. The summed E-state index contributed by atoms with van der Waals surface area (Å²) in [5.41, 5.74) is 1.12. The summed E-state index contributed by atoms with van der Waals surface area (Å²) in [7, 11) is 1.99. The minimum Gasteiger partial charge on any atom is -0.374 e. The van der Waals surface area contributed by atoms with Crippen LogP contribution in [-0.4, -0.2) is 54.5 Å². The van der Waals surface area contributed by atoms with Crippen LogP contribution in [0, 0.1) is 5.82 Å². The van der Waals surface area contributed by atoms with E-state index < -0.39 is 0 Å². The third-order valence-electron chi connectivity index (χ3n) is 3.97. The summed E-state index contributed by atoms with van der Waals surface area (Å²) in [5.74, 6) is 0.644. The zero-order valence-electron chi connectivity index (χ0n) is 13.2. The SMILES string of the molecule is CN(C[C@H]1CN(Cc2ccc(F)cc2)CCO1)c1cccnn1. The van der Waals surface area contributed by atoms with E-state index in [1.807, 2.05) is 31.3 Å². The molecule has 0 amide bonds. The van der Waals surface area contributed by atoms with Crippen molar-refractivity contribution in [3.8, 4) is 0 Å². The molecule has 0 N–H and O–H groups in total. The van der Waals surface area contributed by atoms with Crippen molar-refractivity contribution in [3.63, 3.8) is 0 Å². The molecule has 1 aromatic carbocycles. The molecular formula is C17H21FN4O. The number of benzene rings is 1. The van der Waals surface area contributed by atoms with Crippen LogP contribution in [0.25, 0.3) is 0 Å². The van der Waals surface area contributed by atoms with Gasteiger partial charge in [-0.1, -0.05) is 12.1 Å². The Kier molecular flexibility index (Phi) is 5.15. The molecule has 2 aromatic rings. The number of ether oxygens (including phenoxy) is 1. The van der Waals surface area contributed by atoms with Crippen molar-refractivity contribution >= 4 is 5.82 Å². The van der Waals surface area contributed by atoms with Crippen molar-refractivity contribution in [2.24, 2.45) is 0 Å². The Labute approximate surface area is 135 Å². The van der Waals surface area contributed by atoms with E-state index >= 15 is 0 Å². The van der Waals surface area contributed by atoms with Gasteiger partial charge in [-0.3, -0.25) is 4.90 Å². The van der Waals surface area contributed by atoms with Crippen LogP contribution in [-0.2, 0) is 11.3 Å². The summed E-state index contributed by atoms with van der Waals surface area (Å²) in [6.07, 6.45) is 1.79. The van der Waals surface area contributed by atoms with Gasteiger partial charge < -0.3 is 9.64 Å². The molecule has 3 rings (SSSR count). The van der Waals surface area contributed by atoms with Crippen molar-refractivity contribution in [1.29, 1.82) is 0 Å². The van der Waals surface area contributed by atoms with Gasteiger partial charge in [0.15, 0.2) is 5.82 Å². The lowest BCUT2D eigenvalue weighted by Crippen LogP contribution is -2.46. The average Bonchev–Trinajstić information content (AvgIpc) is 2.58. The standard InChI is InChI=1S/C17H21FN4O/c1-21(17-3-2-8-19-20-17)12-16-13-22(9-10-23-16)11-14-4-6-15(18)7-5-14/h2-8,16H,9-13H2,1H3/t16-/m0/s1. The first-order valence-electron chi connectivity index (χ1n) is 7.78. The van der Waals surface area contributed by atoms with Crippen molar-refractivity contribution < 1.29 is 9.13 Å². The highest BCUT2D eigenvalue weighted by Gasteiger charge is 2.22. The fraction of sp³-hybridized carbons (Fsp3) is 0.412. The normalized spacial score (nSPS) is 18.8. The van der Waals surface area contributed by atoms with Gasteiger partial charge in [0.05, 0.1) is 12.7 Å². The smallest absolute Gasteiger partial charge is 0.151 e.